The van der Waals surface area contributed by atoms with E-state index in [1.54, 1.807) is 12.1 Å². The molecule has 6 nitrogen and oxygen atoms in total. The van der Waals surface area contributed by atoms with Gasteiger partial charge in [0, 0.05) is 31.3 Å². The number of rotatable bonds is 5. The van der Waals surface area contributed by atoms with Gasteiger partial charge < -0.3 is 10.2 Å². The average molecular weight is 454 g/mol. The molecule has 0 radical (unpaired) electrons. The maximum atomic E-state index is 12.8. The van der Waals surface area contributed by atoms with E-state index in [4.69, 9.17) is 0 Å². The SMILES string of the molecule is Cc1ccc(-c2ccsc2C(=O)Nc2ccc(S(=O)(=O)/N=C3\CCCN3C)cc2)cc1. The van der Waals surface area contributed by atoms with E-state index in [-0.39, 0.29) is 10.8 Å². The summed E-state index contributed by atoms with van der Waals surface area (Å²) in [5.74, 6) is 0.354. The summed E-state index contributed by atoms with van der Waals surface area (Å²) in [6, 6.07) is 16.1. The van der Waals surface area contributed by atoms with Gasteiger partial charge in [0.2, 0.25) is 0 Å². The molecule has 1 fully saturated rings. The molecule has 0 aliphatic carbocycles. The van der Waals surface area contributed by atoms with E-state index in [0.717, 1.165) is 29.7 Å². The molecule has 0 saturated carbocycles. The van der Waals surface area contributed by atoms with Crippen molar-refractivity contribution in [2.45, 2.75) is 24.7 Å². The summed E-state index contributed by atoms with van der Waals surface area (Å²) < 4.78 is 29.1. The minimum atomic E-state index is -3.78. The van der Waals surface area contributed by atoms with E-state index in [1.165, 1.54) is 23.5 Å². The molecule has 0 atom stereocenters. The molecule has 2 aromatic carbocycles. The fourth-order valence-corrected chi connectivity index (χ4v) is 5.35. The molecule has 1 N–H and O–H groups in total. The zero-order valence-corrected chi connectivity index (χ0v) is 19.0. The van der Waals surface area contributed by atoms with Crippen LogP contribution >= 0.6 is 11.3 Å². The Morgan fingerprint density at radius 2 is 1.77 bits per heavy atom. The molecule has 1 aromatic heterocycles. The summed E-state index contributed by atoms with van der Waals surface area (Å²) in [5.41, 5.74) is 3.54. The van der Waals surface area contributed by atoms with E-state index >= 15 is 0 Å². The molecule has 4 rings (SSSR count). The quantitative estimate of drug-likeness (QED) is 0.603. The third-order valence-electron chi connectivity index (χ3n) is 5.20. The molecule has 2 heterocycles. The Morgan fingerprint density at radius 3 is 2.42 bits per heavy atom. The van der Waals surface area contributed by atoms with Gasteiger partial charge in [-0.1, -0.05) is 29.8 Å². The number of aryl methyl sites for hydroxylation is 1. The number of thiophene rings is 1. The largest absolute Gasteiger partial charge is 0.362 e. The smallest absolute Gasteiger partial charge is 0.283 e. The van der Waals surface area contributed by atoms with Crippen molar-refractivity contribution in [2.24, 2.45) is 4.40 Å². The van der Waals surface area contributed by atoms with Gasteiger partial charge in [-0.15, -0.1) is 15.7 Å². The Hall–Kier alpha value is -2.97. The first kappa shape index (κ1) is 21.3. The van der Waals surface area contributed by atoms with Gasteiger partial charge >= 0.3 is 0 Å². The topological polar surface area (TPSA) is 78.8 Å². The number of amidine groups is 1. The Balaban J connectivity index is 1.51. The number of likely N-dealkylation sites (tertiary alicyclic amines) is 1. The molecule has 1 amide bonds. The summed E-state index contributed by atoms with van der Waals surface area (Å²) in [6.07, 6.45) is 1.57. The lowest BCUT2D eigenvalue weighted by Gasteiger charge is -2.11. The van der Waals surface area contributed by atoms with Crippen molar-refractivity contribution in [2.75, 3.05) is 18.9 Å². The van der Waals surface area contributed by atoms with Crippen LogP contribution in [0.5, 0.6) is 0 Å². The lowest BCUT2D eigenvalue weighted by molar-refractivity contribution is 0.103. The summed E-state index contributed by atoms with van der Waals surface area (Å²) in [7, 11) is -1.93. The molecule has 0 spiro atoms. The minimum Gasteiger partial charge on any atom is -0.362 e. The Morgan fingerprint density at radius 1 is 1.06 bits per heavy atom. The molecule has 0 bridgehead atoms. The predicted octanol–water partition coefficient (Wildman–Crippen LogP) is 4.79. The molecule has 1 saturated heterocycles. The number of nitrogens with one attached hydrogen (secondary N) is 1. The highest BCUT2D eigenvalue weighted by Crippen LogP contribution is 2.29. The summed E-state index contributed by atoms with van der Waals surface area (Å²) in [6.45, 7) is 2.83. The second kappa shape index (κ2) is 8.64. The van der Waals surface area contributed by atoms with Crippen LogP contribution in [0, 0.1) is 6.92 Å². The summed E-state index contributed by atoms with van der Waals surface area (Å²) >= 11 is 1.37. The van der Waals surface area contributed by atoms with Gasteiger partial charge in [-0.2, -0.15) is 8.42 Å². The Labute approximate surface area is 186 Å². The molecule has 8 heteroatoms. The van der Waals surface area contributed by atoms with E-state index in [2.05, 4.69) is 9.71 Å². The van der Waals surface area contributed by atoms with Crippen molar-refractivity contribution in [3.05, 3.63) is 70.4 Å². The third-order valence-corrected chi connectivity index (χ3v) is 7.44. The molecule has 3 aromatic rings. The van der Waals surface area contributed by atoms with Crippen LogP contribution in [0.15, 0.2) is 69.3 Å². The fourth-order valence-electron chi connectivity index (χ4n) is 3.44. The maximum absolute atomic E-state index is 12.8. The first-order valence-corrected chi connectivity index (χ1v) is 12.3. The molecule has 0 unspecified atom stereocenters. The van der Waals surface area contributed by atoms with Gasteiger partial charge in [-0.3, -0.25) is 4.79 Å². The van der Waals surface area contributed by atoms with Crippen LogP contribution in [0.2, 0.25) is 0 Å². The normalized spacial score (nSPS) is 15.4. The second-order valence-electron chi connectivity index (χ2n) is 7.52. The first-order valence-electron chi connectivity index (χ1n) is 9.94. The van der Waals surface area contributed by atoms with Gasteiger partial charge in [0.05, 0.1) is 9.77 Å². The number of carbonyl (C=O) groups excluding carboxylic acids is 1. The van der Waals surface area contributed by atoms with Gasteiger partial charge in [0.25, 0.3) is 15.9 Å². The lowest BCUT2D eigenvalue weighted by atomic mass is 10.0. The van der Waals surface area contributed by atoms with Crippen LogP contribution in [0.4, 0.5) is 5.69 Å². The van der Waals surface area contributed by atoms with Crippen LogP contribution in [0.25, 0.3) is 11.1 Å². The predicted molar refractivity (Wildman–Crippen MR) is 125 cm³/mol. The van der Waals surface area contributed by atoms with Crippen LogP contribution in [0.3, 0.4) is 0 Å². The number of benzene rings is 2. The molecule has 1 aliphatic heterocycles. The monoisotopic (exact) mass is 453 g/mol. The van der Waals surface area contributed by atoms with Gasteiger partial charge in [-0.05, 0) is 54.6 Å². The Kier molecular flexibility index (Phi) is 5.93. The van der Waals surface area contributed by atoms with Crippen LogP contribution in [-0.4, -0.2) is 38.7 Å². The van der Waals surface area contributed by atoms with Gasteiger partial charge in [-0.25, -0.2) is 0 Å². The van der Waals surface area contributed by atoms with Crippen molar-refractivity contribution in [1.29, 1.82) is 0 Å². The van der Waals surface area contributed by atoms with E-state index in [1.807, 2.05) is 54.6 Å². The number of nitrogens with zero attached hydrogens (tertiary/aromatic N) is 2. The Bertz CT molecular complexity index is 1230. The summed E-state index contributed by atoms with van der Waals surface area (Å²) in [5, 5.41) is 4.75. The molecule has 160 valence electrons. The van der Waals surface area contributed by atoms with Crippen LogP contribution in [-0.2, 0) is 10.0 Å². The van der Waals surface area contributed by atoms with Gasteiger partial charge in [0.15, 0.2) is 0 Å². The van der Waals surface area contributed by atoms with Gasteiger partial charge in [0.1, 0.15) is 5.84 Å². The molecular formula is C23H23N3O3S2. The van der Waals surface area contributed by atoms with Crippen molar-refractivity contribution in [1.82, 2.24) is 4.90 Å². The second-order valence-corrected chi connectivity index (χ2v) is 10.0. The number of sulfonamides is 1. The molecule has 1 aliphatic rings. The van der Waals surface area contributed by atoms with Crippen LogP contribution < -0.4 is 5.32 Å². The molecule has 31 heavy (non-hydrogen) atoms. The number of amides is 1. The first-order chi connectivity index (χ1) is 14.8. The van der Waals surface area contributed by atoms with Crippen molar-refractivity contribution in [3.63, 3.8) is 0 Å². The molecular weight excluding hydrogens is 430 g/mol. The zero-order valence-electron chi connectivity index (χ0n) is 17.3. The average Bonchev–Trinajstić information content (AvgIpc) is 3.38. The number of anilines is 1. The lowest BCUT2D eigenvalue weighted by Crippen LogP contribution is -2.20. The fraction of sp³-hybridized carbons (Fsp3) is 0.217. The van der Waals surface area contributed by atoms with Crippen molar-refractivity contribution >= 4 is 38.8 Å². The number of hydrogen-bond donors (Lipinski definition) is 1. The van der Waals surface area contributed by atoms with E-state index in [9.17, 15) is 13.2 Å². The van der Waals surface area contributed by atoms with Crippen molar-refractivity contribution < 1.29 is 13.2 Å². The minimum absolute atomic E-state index is 0.106. The highest BCUT2D eigenvalue weighted by molar-refractivity contribution is 7.90. The van der Waals surface area contributed by atoms with E-state index in [0.29, 0.717) is 22.8 Å². The number of hydrogen-bond acceptors (Lipinski definition) is 4. The summed E-state index contributed by atoms with van der Waals surface area (Å²) in [4.78, 5) is 15.4. The third kappa shape index (κ3) is 4.70. The highest BCUT2D eigenvalue weighted by Gasteiger charge is 2.20. The van der Waals surface area contributed by atoms with Crippen molar-refractivity contribution in [3.8, 4) is 11.1 Å². The van der Waals surface area contributed by atoms with Crippen LogP contribution in [0.1, 0.15) is 28.1 Å². The highest BCUT2D eigenvalue weighted by atomic mass is 32.2. The number of carbonyl (C=O) groups is 1. The zero-order chi connectivity index (χ0) is 22.0. The standard InChI is InChI=1S/C23H23N3O3S2/c1-16-5-7-17(8-6-16)20-13-15-30-22(20)23(27)24-18-9-11-19(12-10-18)31(28,29)25-21-4-3-14-26(21)2/h5-13,15H,3-4,14H2,1-2H3,(H,24,27)/b25-21+. The maximum Gasteiger partial charge on any atom is 0.283 e. The van der Waals surface area contributed by atoms with E-state index < -0.39 is 10.0 Å².